The quantitative estimate of drug-likeness (QED) is 0.343. The van der Waals surface area contributed by atoms with Crippen molar-refractivity contribution in [2.75, 3.05) is 0 Å². The Labute approximate surface area is 93.6 Å². The molecular weight excluding hydrogens is 176 g/mol. The van der Waals surface area contributed by atoms with Crippen molar-refractivity contribution in [3.05, 3.63) is 0 Å². The number of aliphatic carboxylic acids is 2. The molecule has 0 aliphatic heterocycles. The molecule has 0 bridgehead atoms. The Balaban J connectivity index is 0.000001000. The summed E-state index contributed by atoms with van der Waals surface area (Å²) in [5.74, 6) is -3.03. The summed E-state index contributed by atoms with van der Waals surface area (Å²) < 4.78 is 0. The third kappa shape index (κ3) is 1.68. The van der Waals surface area contributed by atoms with Crippen LogP contribution in [-0.4, -0.2) is 49.7 Å². The predicted octanol–water partition coefficient (Wildman–Crippen LogP) is -2.72. The van der Waals surface area contributed by atoms with E-state index in [2.05, 4.69) is 0 Å². The van der Waals surface area contributed by atoms with Gasteiger partial charge in [-0.2, -0.15) is 0 Å². The van der Waals surface area contributed by atoms with Crippen LogP contribution in [0.1, 0.15) is 19.3 Å². The van der Waals surface area contributed by atoms with Crippen LogP contribution in [0.15, 0.2) is 0 Å². The van der Waals surface area contributed by atoms with Crippen LogP contribution in [0.5, 0.6) is 0 Å². The number of carbonyl (C=O) groups excluding carboxylic acids is 2. The summed E-state index contributed by atoms with van der Waals surface area (Å²) in [5, 5.41) is 20.4. The molecular formula is C6H6CaO4. The number of rotatable bonds is 2. The second-order valence-corrected chi connectivity index (χ2v) is 2.51. The fourth-order valence-corrected chi connectivity index (χ4v) is 1.02. The molecule has 1 aliphatic rings. The van der Waals surface area contributed by atoms with Crippen LogP contribution in [0.25, 0.3) is 0 Å². The summed E-state index contributed by atoms with van der Waals surface area (Å²) in [6.45, 7) is 0. The van der Waals surface area contributed by atoms with Gasteiger partial charge in [0.2, 0.25) is 0 Å². The first-order chi connectivity index (χ1) is 4.59. The molecule has 1 aliphatic carbocycles. The first-order valence-electron chi connectivity index (χ1n) is 3.02. The van der Waals surface area contributed by atoms with Gasteiger partial charge in [0.05, 0.1) is 11.9 Å². The van der Waals surface area contributed by atoms with E-state index in [9.17, 15) is 19.8 Å². The Morgan fingerprint density at radius 3 is 1.45 bits per heavy atom. The second kappa shape index (κ2) is 3.74. The molecule has 0 radical (unpaired) electrons. The number of carboxylic acids is 2. The molecule has 4 nitrogen and oxygen atoms in total. The average Bonchev–Trinajstić information content (AvgIpc) is 1.57. The van der Waals surface area contributed by atoms with Crippen LogP contribution in [0, 0.1) is 5.41 Å². The van der Waals surface area contributed by atoms with Gasteiger partial charge >= 0.3 is 37.7 Å². The van der Waals surface area contributed by atoms with E-state index in [1.165, 1.54) is 0 Å². The number of hydrogen-bond donors (Lipinski definition) is 0. The van der Waals surface area contributed by atoms with Crippen molar-refractivity contribution in [3.8, 4) is 0 Å². The first-order valence-corrected chi connectivity index (χ1v) is 3.02. The Kier molecular flexibility index (Phi) is 3.80. The van der Waals surface area contributed by atoms with Gasteiger partial charge in [0, 0.05) is 5.41 Å². The van der Waals surface area contributed by atoms with Crippen LogP contribution in [0.3, 0.4) is 0 Å². The molecule has 1 saturated carbocycles. The molecule has 5 heteroatoms. The van der Waals surface area contributed by atoms with E-state index in [4.69, 9.17) is 0 Å². The molecule has 1 fully saturated rings. The smallest absolute Gasteiger partial charge is 0.549 e. The maximum Gasteiger partial charge on any atom is 2.00 e. The van der Waals surface area contributed by atoms with Gasteiger partial charge in [-0.05, 0) is 12.8 Å². The maximum atomic E-state index is 10.2. The van der Waals surface area contributed by atoms with Crippen LogP contribution in [-0.2, 0) is 9.59 Å². The topological polar surface area (TPSA) is 80.3 Å². The maximum absolute atomic E-state index is 10.2. The van der Waals surface area contributed by atoms with Crippen LogP contribution in [0.4, 0.5) is 0 Å². The summed E-state index contributed by atoms with van der Waals surface area (Å²) in [4.78, 5) is 20.4. The molecule has 1 rings (SSSR count). The molecule has 0 atom stereocenters. The standard InChI is InChI=1S/C6H8O4.Ca/c7-4(8)6(5(9)10)2-1-3-6;/h1-3H2,(H,7,8)(H,9,10);/q;+2/p-2. The normalized spacial score (nSPS) is 19.3. The Morgan fingerprint density at radius 1 is 1.09 bits per heavy atom. The molecule has 56 valence electrons. The zero-order chi connectivity index (χ0) is 7.78. The molecule has 0 unspecified atom stereocenters. The summed E-state index contributed by atoms with van der Waals surface area (Å²) in [7, 11) is 0. The molecule has 0 saturated heterocycles. The van der Waals surface area contributed by atoms with E-state index < -0.39 is 17.4 Å². The molecule has 0 aromatic carbocycles. The largest absolute Gasteiger partial charge is 2.00 e. The average molecular weight is 182 g/mol. The molecule has 0 heterocycles. The van der Waals surface area contributed by atoms with Crippen molar-refractivity contribution in [1.29, 1.82) is 0 Å². The number of hydrogen-bond acceptors (Lipinski definition) is 4. The molecule has 0 N–H and O–H groups in total. The first kappa shape index (κ1) is 11.2. The SMILES string of the molecule is O=C([O-])C1(C(=O)[O-])CCC1.[Ca+2]. The molecule has 11 heavy (non-hydrogen) atoms. The molecule has 0 spiro atoms. The van der Waals surface area contributed by atoms with Gasteiger partial charge in [-0.1, -0.05) is 6.42 Å². The van der Waals surface area contributed by atoms with Crippen molar-refractivity contribution >= 4 is 49.7 Å². The van der Waals surface area contributed by atoms with Gasteiger partial charge in [-0.3, -0.25) is 0 Å². The molecule has 0 amide bonds. The van der Waals surface area contributed by atoms with Gasteiger partial charge in [0.1, 0.15) is 0 Å². The van der Waals surface area contributed by atoms with Gasteiger partial charge in [0.25, 0.3) is 0 Å². The van der Waals surface area contributed by atoms with Crippen LogP contribution in [0.2, 0.25) is 0 Å². The van der Waals surface area contributed by atoms with Crippen molar-refractivity contribution in [1.82, 2.24) is 0 Å². The summed E-state index contributed by atoms with van der Waals surface area (Å²) in [5.41, 5.74) is -1.67. The molecule has 0 aromatic rings. The van der Waals surface area contributed by atoms with E-state index in [1.54, 1.807) is 0 Å². The predicted molar refractivity (Wildman–Crippen MR) is 32.1 cm³/mol. The zero-order valence-electron chi connectivity index (χ0n) is 5.96. The van der Waals surface area contributed by atoms with Crippen molar-refractivity contribution in [2.45, 2.75) is 19.3 Å². The minimum absolute atomic E-state index is 0. The van der Waals surface area contributed by atoms with E-state index in [0.717, 1.165) is 0 Å². The second-order valence-electron chi connectivity index (χ2n) is 2.51. The summed E-state index contributed by atoms with van der Waals surface area (Å²) >= 11 is 0. The summed E-state index contributed by atoms with van der Waals surface area (Å²) in [6.07, 6.45) is 0.928. The summed E-state index contributed by atoms with van der Waals surface area (Å²) in [6, 6.07) is 0. The Morgan fingerprint density at radius 2 is 1.45 bits per heavy atom. The fourth-order valence-electron chi connectivity index (χ4n) is 1.02. The molecule has 0 aromatic heterocycles. The van der Waals surface area contributed by atoms with E-state index >= 15 is 0 Å². The van der Waals surface area contributed by atoms with Crippen molar-refractivity contribution in [2.24, 2.45) is 5.41 Å². The van der Waals surface area contributed by atoms with Crippen molar-refractivity contribution in [3.63, 3.8) is 0 Å². The number of carbonyl (C=O) groups is 2. The van der Waals surface area contributed by atoms with Gasteiger partial charge < -0.3 is 19.8 Å². The third-order valence-corrected chi connectivity index (χ3v) is 1.99. The minimum atomic E-state index is -1.67. The van der Waals surface area contributed by atoms with E-state index in [-0.39, 0.29) is 50.6 Å². The minimum Gasteiger partial charge on any atom is -0.549 e. The fraction of sp³-hybridized carbons (Fsp3) is 0.667. The van der Waals surface area contributed by atoms with Crippen LogP contribution >= 0.6 is 0 Å². The Hall–Kier alpha value is 0.200. The monoisotopic (exact) mass is 182 g/mol. The van der Waals surface area contributed by atoms with E-state index in [0.29, 0.717) is 6.42 Å². The third-order valence-electron chi connectivity index (χ3n) is 1.99. The van der Waals surface area contributed by atoms with Crippen LogP contribution < -0.4 is 10.2 Å². The van der Waals surface area contributed by atoms with Crippen molar-refractivity contribution < 1.29 is 19.8 Å². The zero-order valence-corrected chi connectivity index (χ0v) is 8.17. The number of carboxylic acid groups (broad SMARTS) is 2. The van der Waals surface area contributed by atoms with Gasteiger partial charge in [0.15, 0.2) is 0 Å². The Bertz CT molecular complexity index is 169. The van der Waals surface area contributed by atoms with Gasteiger partial charge in [-0.15, -0.1) is 0 Å². The van der Waals surface area contributed by atoms with Gasteiger partial charge in [-0.25, -0.2) is 0 Å². The van der Waals surface area contributed by atoms with E-state index in [1.807, 2.05) is 0 Å².